The molecule has 2 nitrogen and oxygen atoms in total. The predicted molar refractivity (Wildman–Crippen MR) is 207 cm³/mol. The van der Waals surface area contributed by atoms with Crippen molar-refractivity contribution in [2.75, 3.05) is 0 Å². The second kappa shape index (κ2) is 35.5. The van der Waals surface area contributed by atoms with E-state index in [4.69, 9.17) is 0 Å². The van der Waals surface area contributed by atoms with Gasteiger partial charge in [-0.25, -0.2) is 9.13 Å². The number of unbranched alkanes of at least 4 members (excludes halogenated alkanes) is 32. The van der Waals surface area contributed by atoms with E-state index in [0.717, 1.165) is 0 Å². The van der Waals surface area contributed by atoms with E-state index in [1.807, 2.05) is 0 Å². The van der Waals surface area contributed by atoms with Gasteiger partial charge in [-0.3, -0.25) is 0 Å². The van der Waals surface area contributed by atoms with E-state index < -0.39 is 0 Å². The van der Waals surface area contributed by atoms with Crippen molar-refractivity contribution in [3.63, 3.8) is 0 Å². The van der Waals surface area contributed by atoms with Gasteiger partial charge < -0.3 is 0 Å². The summed E-state index contributed by atoms with van der Waals surface area (Å²) in [6.45, 7) is 9.41. The van der Waals surface area contributed by atoms with Gasteiger partial charge in [-0.05, 0) is 32.1 Å². The Balaban J connectivity index is 2.29. The maximum Gasteiger partial charge on any atom is 0.256 e. The summed E-state index contributed by atoms with van der Waals surface area (Å²) in [6.07, 6.45) is 56.3. The van der Waals surface area contributed by atoms with Gasteiger partial charge in [0.05, 0.1) is 13.1 Å². The molecule has 272 valence electrons. The Morgan fingerprint density at radius 2 is 0.674 bits per heavy atom. The van der Waals surface area contributed by atoms with Gasteiger partial charge >= 0.3 is 0 Å². The molecule has 1 aromatic rings. The minimum absolute atomic E-state index is 1.23. The van der Waals surface area contributed by atoms with Gasteiger partial charge in [0.25, 0.3) is 5.82 Å². The highest BCUT2D eigenvalue weighted by Crippen LogP contribution is 2.16. The molecule has 0 fully saturated rings. The van der Waals surface area contributed by atoms with Gasteiger partial charge in [0.15, 0.2) is 0 Å². The van der Waals surface area contributed by atoms with Crippen LogP contribution in [0.3, 0.4) is 0 Å². The fraction of sp³-hybridized carbons (Fsp3) is 0.932. The molecule has 0 unspecified atom stereocenters. The lowest BCUT2D eigenvalue weighted by molar-refractivity contribution is -0.704. The molecule has 0 bridgehead atoms. The van der Waals surface area contributed by atoms with Crippen molar-refractivity contribution >= 4 is 0 Å². The maximum atomic E-state index is 2.65. The van der Waals surface area contributed by atoms with E-state index in [1.165, 1.54) is 244 Å². The zero-order valence-corrected chi connectivity index (χ0v) is 32.4. The average molecular weight is 644 g/mol. The normalized spacial score (nSPS) is 11.6. The van der Waals surface area contributed by atoms with Crippen molar-refractivity contribution in [1.82, 2.24) is 4.57 Å². The minimum Gasteiger partial charge on any atom is -0.234 e. The van der Waals surface area contributed by atoms with Crippen LogP contribution in [-0.4, -0.2) is 4.57 Å². The van der Waals surface area contributed by atoms with Crippen LogP contribution in [-0.2, 0) is 19.5 Å². The monoisotopic (exact) mass is 644 g/mol. The van der Waals surface area contributed by atoms with Crippen molar-refractivity contribution in [2.45, 2.75) is 265 Å². The molecule has 1 rings (SSSR count). The molecule has 1 heterocycles. The molecule has 0 aliphatic heterocycles. The Bertz CT molecular complexity index is 707. The van der Waals surface area contributed by atoms with E-state index in [0.29, 0.717) is 0 Å². The summed E-state index contributed by atoms with van der Waals surface area (Å²) in [7, 11) is 0. The predicted octanol–water partition coefficient (Wildman–Crippen LogP) is 15.0. The fourth-order valence-corrected chi connectivity index (χ4v) is 7.39. The lowest BCUT2D eigenvalue weighted by Crippen LogP contribution is -2.37. The van der Waals surface area contributed by atoms with Gasteiger partial charge in [0, 0.05) is 6.42 Å². The molecule has 0 N–H and O–H groups in total. The SMILES string of the molecule is CCCCCCCCCCCCCCC[n+]1ccn(CCCCCCCCCCCCC)c1CCCCCCCCCCCCC. The number of nitrogens with zero attached hydrogens (tertiary/aromatic N) is 2. The molecule has 46 heavy (non-hydrogen) atoms. The second-order valence-corrected chi connectivity index (χ2v) is 15.2. The van der Waals surface area contributed by atoms with Crippen LogP contribution in [0, 0.1) is 0 Å². The standard InChI is InChI=1S/C44H87N2/c1-4-7-10-13-16-19-22-23-26-29-32-35-38-41-46-43-42-45(40-37-34-31-28-25-21-18-15-12-9-6-3)44(46)39-36-33-30-27-24-20-17-14-11-8-5-2/h42-43H,4-41H2,1-3H3/q+1. The summed E-state index contributed by atoms with van der Waals surface area (Å²) in [6, 6.07) is 0. The molecule has 1 aromatic heterocycles. The van der Waals surface area contributed by atoms with E-state index in [-0.39, 0.29) is 0 Å². The highest BCUT2D eigenvalue weighted by molar-refractivity contribution is 4.84. The number of imidazole rings is 1. The van der Waals surface area contributed by atoms with Crippen LogP contribution in [0.25, 0.3) is 0 Å². The zero-order chi connectivity index (χ0) is 33.0. The van der Waals surface area contributed by atoms with Gasteiger partial charge in [-0.2, -0.15) is 0 Å². The lowest BCUT2D eigenvalue weighted by Gasteiger charge is -2.07. The molecule has 0 aromatic carbocycles. The summed E-state index contributed by atoms with van der Waals surface area (Å²) < 4.78 is 5.29. The topological polar surface area (TPSA) is 8.81 Å². The van der Waals surface area contributed by atoms with Gasteiger partial charge in [0.2, 0.25) is 0 Å². The number of aryl methyl sites for hydroxylation is 2. The van der Waals surface area contributed by atoms with Gasteiger partial charge in [0.1, 0.15) is 12.4 Å². The lowest BCUT2D eigenvalue weighted by atomic mass is 10.0. The Kier molecular flexibility index (Phi) is 33.4. The first-order chi connectivity index (χ1) is 22.8. The van der Waals surface area contributed by atoms with Crippen molar-refractivity contribution in [3.05, 3.63) is 18.2 Å². The summed E-state index contributed by atoms with van der Waals surface area (Å²) in [5.74, 6) is 1.63. The van der Waals surface area contributed by atoms with Crippen molar-refractivity contribution in [2.24, 2.45) is 0 Å². The van der Waals surface area contributed by atoms with Crippen LogP contribution >= 0.6 is 0 Å². The summed E-state index contributed by atoms with van der Waals surface area (Å²) >= 11 is 0. The Hall–Kier alpha value is -0.790. The van der Waals surface area contributed by atoms with Crippen LogP contribution in [0.4, 0.5) is 0 Å². The van der Waals surface area contributed by atoms with Crippen LogP contribution in [0.2, 0.25) is 0 Å². The first kappa shape index (κ1) is 43.2. The van der Waals surface area contributed by atoms with Crippen molar-refractivity contribution < 1.29 is 4.57 Å². The highest BCUT2D eigenvalue weighted by atomic mass is 15.1. The molecule has 2 heteroatoms. The third-order valence-corrected chi connectivity index (χ3v) is 10.6. The third-order valence-electron chi connectivity index (χ3n) is 10.6. The Morgan fingerprint density at radius 3 is 1.04 bits per heavy atom. The third kappa shape index (κ3) is 27.2. The quantitative estimate of drug-likeness (QED) is 0.0501. The number of hydrogen-bond donors (Lipinski definition) is 0. The van der Waals surface area contributed by atoms with E-state index in [2.05, 4.69) is 42.3 Å². The number of aromatic nitrogens is 2. The summed E-state index contributed by atoms with van der Waals surface area (Å²) in [5.41, 5.74) is 0. The largest absolute Gasteiger partial charge is 0.256 e. The molecular formula is C44H87N2+. The Labute approximate surface area is 291 Å². The molecule has 0 aliphatic rings. The van der Waals surface area contributed by atoms with Crippen LogP contribution < -0.4 is 4.57 Å². The molecule has 0 aliphatic carbocycles. The second-order valence-electron chi connectivity index (χ2n) is 15.2. The van der Waals surface area contributed by atoms with Crippen molar-refractivity contribution in [1.29, 1.82) is 0 Å². The van der Waals surface area contributed by atoms with Crippen LogP contribution in [0.5, 0.6) is 0 Å². The van der Waals surface area contributed by atoms with E-state index in [1.54, 1.807) is 5.82 Å². The smallest absolute Gasteiger partial charge is 0.234 e. The minimum atomic E-state index is 1.23. The average Bonchev–Trinajstić information content (AvgIpc) is 3.45. The van der Waals surface area contributed by atoms with E-state index in [9.17, 15) is 0 Å². The van der Waals surface area contributed by atoms with Gasteiger partial charge in [-0.15, -0.1) is 0 Å². The molecule has 0 amide bonds. The number of hydrogen-bond acceptors (Lipinski definition) is 0. The zero-order valence-electron chi connectivity index (χ0n) is 32.4. The molecule has 0 spiro atoms. The summed E-state index contributed by atoms with van der Waals surface area (Å²) in [5, 5.41) is 0. The van der Waals surface area contributed by atoms with E-state index >= 15 is 0 Å². The molecule has 0 atom stereocenters. The fourth-order valence-electron chi connectivity index (χ4n) is 7.39. The Morgan fingerprint density at radius 1 is 0.370 bits per heavy atom. The number of rotatable bonds is 38. The maximum absolute atomic E-state index is 2.65. The van der Waals surface area contributed by atoms with Crippen LogP contribution in [0.15, 0.2) is 12.4 Å². The molecule has 0 saturated carbocycles. The van der Waals surface area contributed by atoms with Crippen molar-refractivity contribution in [3.8, 4) is 0 Å². The molecule has 0 radical (unpaired) electrons. The highest BCUT2D eigenvalue weighted by Gasteiger charge is 2.16. The van der Waals surface area contributed by atoms with Crippen LogP contribution in [0.1, 0.15) is 251 Å². The first-order valence-electron chi connectivity index (χ1n) is 21.9. The first-order valence-corrected chi connectivity index (χ1v) is 21.9. The molecular weight excluding hydrogens is 556 g/mol. The molecule has 0 saturated heterocycles. The van der Waals surface area contributed by atoms with Gasteiger partial charge in [-0.1, -0.05) is 213 Å². The summed E-state index contributed by atoms with van der Waals surface area (Å²) in [4.78, 5) is 0.